The van der Waals surface area contributed by atoms with Gasteiger partial charge in [-0.25, -0.2) is 0 Å². The molecule has 1 unspecified atom stereocenters. The fourth-order valence-corrected chi connectivity index (χ4v) is 1.56. The van der Waals surface area contributed by atoms with Crippen LogP contribution >= 0.6 is 0 Å². The highest BCUT2D eigenvalue weighted by atomic mass is 15.3. The summed E-state index contributed by atoms with van der Waals surface area (Å²) in [6.45, 7) is 6.27. The predicted molar refractivity (Wildman–Crippen MR) is 52.8 cm³/mol. The highest BCUT2D eigenvalue weighted by Gasteiger charge is 2.17. The Morgan fingerprint density at radius 1 is 1.54 bits per heavy atom. The van der Waals surface area contributed by atoms with Crippen LogP contribution in [0.25, 0.3) is 0 Å². The predicted octanol–water partition coefficient (Wildman–Crippen LogP) is 0.889. The Balaban J connectivity index is 2.97. The Morgan fingerprint density at radius 3 is 2.46 bits per heavy atom. The van der Waals surface area contributed by atoms with Crippen molar-refractivity contribution in [3.63, 3.8) is 0 Å². The first-order chi connectivity index (χ1) is 6.06. The first kappa shape index (κ1) is 10.2. The number of nitrogens with one attached hydrogen (secondary N) is 1. The standard InChI is InChI=1S/C9H18N4/c1-6(2)9(11-10)8-5-13(4)12-7(8)3/h5-6,9,11H,10H2,1-4H3. The minimum absolute atomic E-state index is 0.189. The van der Waals surface area contributed by atoms with Gasteiger partial charge in [0.15, 0.2) is 0 Å². The molecule has 0 radical (unpaired) electrons. The lowest BCUT2D eigenvalue weighted by Gasteiger charge is -2.18. The Labute approximate surface area is 79.1 Å². The molecule has 4 nitrogen and oxygen atoms in total. The second kappa shape index (κ2) is 3.89. The van der Waals surface area contributed by atoms with E-state index in [1.54, 1.807) is 0 Å². The number of nitrogens with two attached hydrogens (primary N) is 1. The number of hydrogen-bond donors (Lipinski definition) is 2. The van der Waals surface area contributed by atoms with Crippen molar-refractivity contribution in [1.82, 2.24) is 15.2 Å². The number of rotatable bonds is 3. The monoisotopic (exact) mass is 182 g/mol. The smallest absolute Gasteiger partial charge is 0.0642 e. The lowest BCUT2D eigenvalue weighted by Crippen LogP contribution is -2.31. The molecule has 1 heterocycles. The second-order valence-corrected chi connectivity index (χ2v) is 3.73. The third-order valence-corrected chi connectivity index (χ3v) is 2.23. The summed E-state index contributed by atoms with van der Waals surface area (Å²) in [7, 11) is 1.92. The number of aromatic nitrogens is 2. The molecule has 0 aromatic carbocycles. The largest absolute Gasteiger partial charge is 0.275 e. The molecule has 0 aliphatic rings. The van der Waals surface area contributed by atoms with Crippen LogP contribution in [0.3, 0.4) is 0 Å². The van der Waals surface area contributed by atoms with Gasteiger partial charge in [-0.3, -0.25) is 16.0 Å². The Morgan fingerprint density at radius 2 is 2.15 bits per heavy atom. The third-order valence-electron chi connectivity index (χ3n) is 2.23. The van der Waals surface area contributed by atoms with E-state index in [-0.39, 0.29) is 6.04 Å². The SMILES string of the molecule is Cc1nn(C)cc1C(NN)C(C)C. The van der Waals surface area contributed by atoms with Crippen LogP contribution in [0.15, 0.2) is 6.20 Å². The molecule has 0 amide bonds. The van der Waals surface area contributed by atoms with Gasteiger partial charge < -0.3 is 0 Å². The van der Waals surface area contributed by atoms with Crippen molar-refractivity contribution in [2.45, 2.75) is 26.8 Å². The van der Waals surface area contributed by atoms with Crippen molar-refractivity contribution >= 4 is 0 Å². The van der Waals surface area contributed by atoms with E-state index in [1.807, 2.05) is 24.9 Å². The molecule has 74 valence electrons. The molecule has 1 aromatic heterocycles. The average molecular weight is 182 g/mol. The summed E-state index contributed by atoms with van der Waals surface area (Å²) in [5.74, 6) is 5.96. The van der Waals surface area contributed by atoms with Crippen LogP contribution in [0.5, 0.6) is 0 Å². The Hall–Kier alpha value is -0.870. The molecule has 0 aliphatic carbocycles. The molecular weight excluding hydrogens is 164 g/mol. The molecule has 1 aromatic rings. The Kier molecular flexibility index (Phi) is 3.06. The molecule has 0 bridgehead atoms. The van der Waals surface area contributed by atoms with Gasteiger partial charge in [0.25, 0.3) is 0 Å². The zero-order valence-electron chi connectivity index (χ0n) is 8.70. The van der Waals surface area contributed by atoms with Crippen LogP contribution in [0, 0.1) is 12.8 Å². The van der Waals surface area contributed by atoms with E-state index in [1.165, 1.54) is 5.56 Å². The maximum atomic E-state index is 5.50. The van der Waals surface area contributed by atoms with Crippen molar-refractivity contribution in [1.29, 1.82) is 0 Å². The maximum absolute atomic E-state index is 5.50. The molecule has 4 heteroatoms. The summed E-state index contributed by atoms with van der Waals surface area (Å²) in [4.78, 5) is 0. The topological polar surface area (TPSA) is 55.9 Å². The number of aryl methyl sites for hydroxylation is 2. The van der Waals surface area contributed by atoms with Crippen molar-refractivity contribution in [3.05, 3.63) is 17.5 Å². The van der Waals surface area contributed by atoms with E-state index >= 15 is 0 Å². The number of hydrazine groups is 1. The average Bonchev–Trinajstić information content (AvgIpc) is 2.31. The molecule has 1 atom stereocenters. The molecule has 0 saturated carbocycles. The summed E-state index contributed by atoms with van der Waals surface area (Å²) in [6, 6.07) is 0.189. The van der Waals surface area contributed by atoms with Gasteiger partial charge in [-0.1, -0.05) is 13.8 Å². The van der Waals surface area contributed by atoms with Gasteiger partial charge in [-0.2, -0.15) is 5.10 Å². The first-order valence-electron chi connectivity index (χ1n) is 4.52. The van der Waals surface area contributed by atoms with Gasteiger partial charge in [0.05, 0.1) is 11.7 Å². The van der Waals surface area contributed by atoms with Gasteiger partial charge in [-0.05, 0) is 12.8 Å². The van der Waals surface area contributed by atoms with E-state index in [0.717, 1.165) is 5.69 Å². The fraction of sp³-hybridized carbons (Fsp3) is 0.667. The minimum Gasteiger partial charge on any atom is -0.275 e. The molecule has 1 rings (SSSR count). The van der Waals surface area contributed by atoms with Gasteiger partial charge in [0, 0.05) is 18.8 Å². The summed E-state index contributed by atoms with van der Waals surface area (Å²) in [5, 5.41) is 4.28. The van der Waals surface area contributed by atoms with E-state index < -0.39 is 0 Å². The number of nitrogens with zero attached hydrogens (tertiary/aromatic N) is 2. The summed E-state index contributed by atoms with van der Waals surface area (Å²) < 4.78 is 1.82. The summed E-state index contributed by atoms with van der Waals surface area (Å²) in [5.41, 5.74) is 5.04. The quantitative estimate of drug-likeness (QED) is 0.539. The second-order valence-electron chi connectivity index (χ2n) is 3.73. The number of hydrogen-bond acceptors (Lipinski definition) is 3. The summed E-state index contributed by atoms with van der Waals surface area (Å²) >= 11 is 0. The van der Waals surface area contributed by atoms with Crippen molar-refractivity contribution in [3.8, 4) is 0 Å². The zero-order chi connectivity index (χ0) is 10.0. The fourth-order valence-electron chi connectivity index (χ4n) is 1.56. The van der Waals surface area contributed by atoms with E-state index in [9.17, 15) is 0 Å². The third kappa shape index (κ3) is 2.08. The molecule has 0 saturated heterocycles. The zero-order valence-corrected chi connectivity index (χ0v) is 8.70. The lowest BCUT2D eigenvalue weighted by molar-refractivity contribution is 0.419. The van der Waals surface area contributed by atoms with Crippen molar-refractivity contribution in [2.24, 2.45) is 18.8 Å². The molecule has 0 aliphatic heterocycles. The molecule has 0 fully saturated rings. The van der Waals surface area contributed by atoms with Crippen LogP contribution in [-0.2, 0) is 7.05 Å². The molecule has 0 spiro atoms. The van der Waals surface area contributed by atoms with Gasteiger partial charge in [-0.15, -0.1) is 0 Å². The van der Waals surface area contributed by atoms with Gasteiger partial charge in [0.1, 0.15) is 0 Å². The van der Waals surface area contributed by atoms with E-state index in [4.69, 9.17) is 5.84 Å². The minimum atomic E-state index is 0.189. The lowest BCUT2D eigenvalue weighted by atomic mass is 9.97. The normalized spacial score (nSPS) is 13.7. The van der Waals surface area contributed by atoms with Crippen molar-refractivity contribution < 1.29 is 0 Å². The van der Waals surface area contributed by atoms with Gasteiger partial charge in [0.2, 0.25) is 0 Å². The van der Waals surface area contributed by atoms with Crippen LogP contribution < -0.4 is 11.3 Å². The molecular formula is C9H18N4. The van der Waals surface area contributed by atoms with Crippen molar-refractivity contribution in [2.75, 3.05) is 0 Å². The first-order valence-corrected chi connectivity index (χ1v) is 4.52. The summed E-state index contributed by atoms with van der Waals surface area (Å²) in [6.07, 6.45) is 2.01. The van der Waals surface area contributed by atoms with Crippen LogP contribution in [-0.4, -0.2) is 9.78 Å². The Bertz CT molecular complexity index is 277. The van der Waals surface area contributed by atoms with Crippen LogP contribution in [0.1, 0.15) is 31.1 Å². The maximum Gasteiger partial charge on any atom is 0.0642 e. The molecule has 13 heavy (non-hydrogen) atoms. The highest BCUT2D eigenvalue weighted by molar-refractivity contribution is 5.20. The van der Waals surface area contributed by atoms with E-state index in [0.29, 0.717) is 5.92 Å². The highest BCUT2D eigenvalue weighted by Crippen LogP contribution is 2.22. The van der Waals surface area contributed by atoms with Crippen LogP contribution in [0.2, 0.25) is 0 Å². The van der Waals surface area contributed by atoms with E-state index in [2.05, 4.69) is 24.4 Å². The molecule has 3 N–H and O–H groups in total. The van der Waals surface area contributed by atoms with Gasteiger partial charge >= 0.3 is 0 Å². The van der Waals surface area contributed by atoms with Crippen LogP contribution in [0.4, 0.5) is 0 Å².